The SMILES string of the molecule is CCOC(=O)C1CSCCN1CC(=O)Nc1ccnn1C1CCCC1. The standard InChI is InChI=1S/C17H26N4O3S/c1-2-24-17(23)14-12-25-10-9-20(14)11-16(22)19-15-7-8-18-21(15)13-5-3-4-6-13/h7-8,13-14H,2-6,9-12H2,1H3,(H,19,22). The molecule has 1 saturated heterocycles. The summed E-state index contributed by atoms with van der Waals surface area (Å²) in [5, 5.41) is 7.34. The van der Waals surface area contributed by atoms with E-state index < -0.39 is 0 Å². The van der Waals surface area contributed by atoms with Crippen molar-refractivity contribution in [2.45, 2.75) is 44.7 Å². The molecule has 0 radical (unpaired) electrons. The van der Waals surface area contributed by atoms with E-state index in [0.717, 1.165) is 24.4 Å². The van der Waals surface area contributed by atoms with Crippen LogP contribution in [0.15, 0.2) is 12.3 Å². The van der Waals surface area contributed by atoms with Gasteiger partial charge in [0.05, 0.1) is 25.4 Å². The van der Waals surface area contributed by atoms with Crippen LogP contribution in [0.5, 0.6) is 0 Å². The molecule has 0 spiro atoms. The topological polar surface area (TPSA) is 76.5 Å². The Balaban J connectivity index is 1.60. The molecule has 1 N–H and O–H groups in total. The van der Waals surface area contributed by atoms with Crippen LogP contribution in [0.25, 0.3) is 0 Å². The van der Waals surface area contributed by atoms with E-state index in [9.17, 15) is 9.59 Å². The molecule has 0 bridgehead atoms. The van der Waals surface area contributed by atoms with Crippen molar-refractivity contribution in [1.82, 2.24) is 14.7 Å². The number of amides is 1. The normalized spacial score (nSPS) is 22.0. The molecule has 7 nitrogen and oxygen atoms in total. The van der Waals surface area contributed by atoms with Crippen LogP contribution in [0.4, 0.5) is 5.82 Å². The maximum absolute atomic E-state index is 12.5. The van der Waals surface area contributed by atoms with Gasteiger partial charge in [0.2, 0.25) is 5.91 Å². The first kappa shape index (κ1) is 18.3. The zero-order valence-electron chi connectivity index (χ0n) is 14.6. The van der Waals surface area contributed by atoms with Gasteiger partial charge in [0.25, 0.3) is 0 Å². The lowest BCUT2D eigenvalue weighted by atomic mass is 10.2. The number of nitrogens with zero attached hydrogens (tertiary/aromatic N) is 3. The van der Waals surface area contributed by atoms with Crippen molar-refractivity contribution in [2.24, 2.45) is 0 Å². The molecule has 1 aromatic rings. The molecule has 0 aromatic carbocycles. The Bertz CT molecular complexity index is 600. The van der Waals surface area contributed by atoms with Crippen LogP contribution >= 0.6 is 11.8 Å². The van der Waals surface area contributed by atoms with Crippen LogP contribution in [0.3, 0.4) is 0 Å². The fraction of sp³-hybridized carbons (Fsp3) is 0.706. The minimum Gasteiger partial charge on any atom is -0.465 e. The molecule has 2 fully saturated rings. The first-order valence-electron chi connectivity index (χ1n) is 9.01. The second-order valence-electron chi connectivity index (χ2n) is 6.46. The third-order valence-corrected chi connectivity index (χ3v) is 5.78. The monoisotopic (exact) mass is 366 g/mol. The van der Waals surface area contributed by atoms with Crippen molar-refractivity contribution < 1.29 is 14.3 Å². The lowest BCUT2D eigenvalue weighted by Crippen LogP contribution is -2.50. The zero-order chi connectivity index (χ0) is 17.6. The van der Waals surface area contributed by atoms with Gasteiger partial charge in [0, 0.05) is 24.1 Å². The molecule has 1 aromatic heterocycles. The summed E-state index contributed by atoms with van der Waals surface area (Å²) in [6.07, 6.45) is 6.37. The average molecular weight is 366 g/mol. The number of anilines is 1. The number of rotatable bonds is 6. The molecule has 1 amide bonds. The summed E-state index contributed by atoms with van der Waals surface area (Å²) in [5.74, 6) is 1.99. The van der Waals surface area contributed by atoms with Gasteiger partial charge in [-0.1, -0.05) is 12.8 Å². The minimum atomic E-state index is -0.343. The summed E-state index contributed by atoms with van der Waals surface area (Å²) in [6.45, 7) is 3.07. The molecule has 138 valence electrons. The van der Waals surface area contributed by atoms with E-state index in [1.807, 2.05) is 15.6 Å². The Hall–Kier alpha value is -1.54. The van der Waals surface area contributed by atoms with Gasteiger partial charge in [0.1, 0.15) is 11.9 Å². The van der Waals surface area contributed by atoms with E-state index in [4.69, 9.17) is 4.74 Å². The molecule has 2 heterocycles. The molecule has 1 aliphatic heterocycles. The van der Waals surface area contributed by atoms with Gasteiger partial charge >= 0.3 is 5.97 Å². The first-order chi connectivity index (χ1) is 12.2. The van der Waals surface area contributed by atoms with Crippen molar-refractivity contribution in [3.8, 4) is 0 Å². The van der Waals surface area contributed by atoms with E-state index in [1.54, 1.807) is 24.9 Å². The molecule has 1 aliphatic carbocycles. The largest absolute Gasteiger partial charge is 0.465 e. The van der Waals surface area contributed by atoms with E-state index >= 15 is 0 Å². The van der Waals surface area contributed by atoms with Crippen LogP contribution in [-0.4, -0.2) is 63.8 Å². The fourth-order valence-electron chi connectivity index (χ4n) is 3.50. The zero-order valence-corrected chi connectivity index (χ0v) is 15.5. The number of esters is 1. The van der Waals surface area contributed by atoms with Crippen molar-refractivity contribution in [3.63, 3.8) is 0 Å². The number of carbonyl (C=O) groups excluding carboxylic acids is 2. The van der Waals surface area contributed by atoms with Crippen molar-refractivity contribution in [3.05, 3.63) is 12.3 Å². The van der Waals surface area contributed by atoms with Gasteiger partial charge in [0.15, 0.2) is 0 Å². The minimum absolute atomic E-state index is 0.110. The molecule has 25 heavy (non-hydrogen) atoms. The third-order valence-electron chi connectivity index (χ3n) is 4.75. The smallest absolute Gasteiger partial charge is 0.324 e. The van der Waals surface area contributed by atoms with E-state index in [2.05, 4.69) is 10.4 Å². The number of hydrogen-bond donors (Lipinski definition) is 1. The molecular formula is C17H26N4O3S. The summed E-state index contributed by atoms with van der Waals surface area (Å²) in [5.41, 5.74) is 0. The van der Waals surface area contributed by atoms with Gasteiger partial charge in [-0.15, -0.1) is 0 Å². The highest BCUT2D eigenvalue weighted by Gasteiger charge is 2.31. The molecule has 1 unspecified atom stereocenters. The maximum Gasteiger partial charge on any atom is 0.324 e. The van der Waals surface area contributed by atoms with Gasteiger partial charge in [-0.05, 0) is 19.8 Å². The number of ether oxygens (including phenoxy) is 1. The highest BCUT2D eigenvalue weighted by molar-refractivity contribution is 7.99. The second-order valence-corrected chi connectivity index (χ2v) is 7.61. The number of carbonyl (C=O) groups is 2. The van der Waals surface area contributed by atoms with Crippen LogP contribution in [0, 0.1) is 0 Å². The lowest BCUT2D eigenvalue weighted by molar-refractivity contribution is -0.148. The summed E-state index contributed by atoms with van der Waals surface area (Å²) >= 11 is 1.72. The van der Waals surface area contributed by atoms with Crippen LogP contribution in [0.1, 0.15) is 38.6 Å². The molecule has 3 rings (SSSR count). The summed E-state index contributed by atoms with van der Waals surface area (Å²) in [7, 11) is 0. The van der Waals surface area contributed by atoms with Gasteiger partial charge in [-0.25, -0.2) is 4.68 Å². The molecule has 8 heteroatoms. The first-order valence-corrected chi connectivity index (χ1v) is 10.2. The van der Waals surface area contributed by atoms with E-state index in [1.165, 1.54) is 12.8 Å². The van der Waals surface area contributed by atoms with Crippen LogP contribution in [-0.2, 0) is 14.3 Å². The number of hydrogen-bond acceptors (Lipinski definition) is 6. The predicted octanol–water partition coefficient (Wildman–Crippen LogP) is 1.92. The Morgan fingerprint density at radius 3 is 2.96 bits per heavy atom. The Morgan fingerprint density at radius 1 is 1.40 bits per heavy atom. The van der Waals surface area contributed by atoms with E-state index in [-0.39, 0.29) is 24.5 Å². The van der Waals surface area contributed by atoms with E-state index in [0.29, 0.717) is 24.9 Å². The fourth-order valence-corrected chi connectivity index (χ4v) is 4.60. The maximum atomic E-state index is 12.5. The highest BCUT2D eigenvalue weighted by atomic mass is 32.2. The molecule has 1 saturated carbocycles. The second kappa shape index (κ2) is 8.71. The summed E-state index contributed by atoms with van der Waals surface area (Å²) < 4.78 is 7.08. The van der Waals surface area contributed by atoms with Gasteiger partial charge in [-0.3, -0.25) is 14.5 Å². The molecular weight excluding hydrogens is 340 g/mol. The van der Waals surface area contributed by atoms with Crippen molar-refractivity contribution >= 4 is 29.5 Å². The average Bonchev–Trinajstić information content (AvgIpc) is 3.26. The molecule has 2 aliphatic rings. The number of nitrogens with one attached hydrogen (secondary N) is 1. The quantitative estimate of drug-likeness (QED) is 0.775. The predicted molar refractivity (Wildman–Crippen MR) is 97.7 cm³/mol. The Labute approximate surface area is 152 Å². The van der Waals surface area contributed by atoms with Crippen LogP contribution < -0.4 is 5.32 Å². The highest BCUT2D eigenvalue weighted by Crippen LogP contribution is 2.31. The lowest BCUT2D eigenvalue weighted by Gasteiger charge is -2.32. The Kier molecular flexibility index (Phi) is 6.36. The number of aromatic nitrogens is 2. The van der Waals surface area contributed by atoms with Crippen LogP contribution in [0.2, 0.25) is 0 Å². The summed E-state index contributed by atoms with van der Waals surface area (Å²) in [6, 6.07) is 1.87. The van der Waals surface area contributed by atoms with Gasteiger partial charge in [-0.2, -0.15) is 16.9 Å². The third kappa shape index (κ3) is 4.55. The number of thioether (sulfide) groups is 1. The molecule has 1 atom stereocenters. The van der Waals surface area contributed by atoms with Crippen molar-refractivity contribution in [2.75, 3.05) is 36.5 Å². The summed E-state index contributed by atoms with van der Waals surface area (Å²) in [4.78, 5) is 26.5. The van der Waals surface area contributed by atoms with Crippen molar-refractivity contribution in [1.29, 1.82) is 0 Å². The Morgan fingerprint density at radius 2 is 2.20 bits per heavy atom. The van der Waals surface area contributed by atoms with Gasteiger partial charge < -0.3 is 10.1 Å².